The molecule has 1 aromatic heterocycles. The van der Waals surface area contributed by atoms with E-state index in [9.17, 15) is 0 Å². The number of rotatable bonds is 8. The molecule has 0 unspecified atom stereocenters. The Kier molecular flexibility index (Phi) is 6.27. The summed E-state index contributed by atoms with van der Waals surface area (Å²) >= 11 is 1.59. The summed E-state index contributed by atoms with van der Waals surface area (Å²) in [4.78, 5) is 0. The monoisotopic (exact) mass is 229 g/mol. The molecule has 0 spiro atoms. The second kappa shape index (κ2) is 7.59. The lowest BCUT2D eigenvalue weighted by molar-refractivity contribution is 0.131. The number of nitrogens with one attached hydrogen (secondary N) is 1. The maximum absolute atomic E-state index is 5.44. The van der Waals surface area contributed by atoms with Crippen LogP contribution in [-0.2, 0) is 4.74 Å². The van der Waals surface area contributed by atoms with E-state index in [0.717, 1.165) is 42.7 Å². The third-order valence-corrected chi connectivity index (χ3v) is 2.71. The first-order chi connectivity index (χ1) is 7.33. The number of unbranched alkanes of at least 4 members (excludes halogenated alkanes) is 1. The van der Waals surface area contributed by atoms with Crippen LogP contribution < -0.4 is 5.32 Å². The van der Waals surface area contributed by atoms with Gasteiger partial charge in [-0.1, -0.05) is 24.7 Å². The van der Waals surface area contributed by atoms with Gasteiger partial charge in [-0.25, -0.2) is 0 Å². The molecule has 0 atom stereocenters. The van der Waals surface area contributed by atoms with E-state index < -0.39 is 0 Å². The van der Waals surface area contributed by atoms with Gasteiger partial charge in [0.15, 0.2) is 0 Å². The zero-order valence-corrected chi connectivity index (χ0v) is 10.3. The predicted octanol–water partition coefficient (Wildman–Crippen LogP) is 2.47. The van der Waals surface area contributed by atoms with Gasteiger partial charge in [0.2, 0.25) is 5.13 Å². The average molecular weight is 229 g/mol. The fourth-order valence-electron chi connectivity index (χ4n) is 1.09. The third-order valence-electron chi connectivity index (χ3n) is 1.91. The summed E-state index contributed by atoms with van der Waals surface area (Å²) in [6, 6.07) is 0. The molecule has 4 nitrogen and oxygen atoms in total. The first kappa shape index (κ1) is 12.4. The van der Waals surface area contributed by atoms with Gasteiger partial charge in [-0.05, 0) is 19.8 Å². The molecule has 0 saturated heterocycles. The fraction of sp³-hybridized carbons (Fsp3) is 0.800. The van der Waals surface area contributed by atoms with Crippen LogP contribution in [0.5, 0.6) is 0 Å². The first-order valence-corrected chi connectivity index (χ1v) is 6.26. The van der Waals surface area contributed by atoms with E-state index in [-0.39, 0.29) is 0 Å². The molecular weight excluding hydrogens is 210 g/mol. The Bertz CT molecular complexity index is 265. The van der Waals surface area contributed by atoms with E-state index in [2.05, 4.69) is 22.4 Å². The van der Waals surface area contributed by atoms with Gasteiger partial charge in [0.05, 0.1) is 0 Å². The van der Waals surface area contributed by atoms with Crippen LogP contribution in [-0.4, -0.2) is 30.0 Å². The van der Waals surface area contributed by atoms with Crippen molar-refractivity contribution in [2.24, 2.45) is 0 Å². The maximum atomic E-state index is 5.44. The molecule has 1 rings (SSSR count). The lowest BCUT2D eigenvalue weighted by Gasteiger charge is -2.03. The number of hydrogen-bond donors (Lipinski definition) is 1. The lowest BCUT2D eigenvalue weighted by atomic mass is 10.4. The van der Waals surface area contributed by atoms with Gasteiger partial charge < -0.3 is 10.1 Å². The molecule has 0 aliphatic heterocycles. The summed E-state index contributed by atoms with van der Waals surface area (Å²) < 4.78 is 5.44. The molecule has 0 aliphatic carbocycles. The smallest absolute Gasteiger partial charge is 0.205 e. The minimum absolute atomic E-state index is 0.824. The Balaban J connectivity index is 1.93. The van der Waals surface area contributed by atoms with Gasteiger partial charge in [-0.2, -0.15) is 0 Å². The highest BCUT2D eigenvalue weighted by molar-refractivity contribution is 7.15. The molecule has 5 heteroatoms. The molecule has 0 amide bonds. The topological polar surface area (TPSA) is 47.0 Å². The fourth-order valence-corrected chi connectivity index (χ4v) is 1.70. The summed E-state index contributed by atoms with van der Waals surface area (Å²) in [6.07, 6.45) is 3.37. The number of aryl methyl sites for hydroxylation is 1. The lowest BCUT2D eigenvalue weighted by Crippen LogP contribution is -2.06. The molecule has 86 valence electrons. The summed E-state index contributed by atoms with van der Waals surface area (Å²) in [5, 5.41) is 13.0. The number of aromatic nitrogens is 2. The molecule has 15 heavy (non-hydrogen) atoms. The van der Waals surface area contributed by atoms with E-state index in [0.29, 0.717) is 0 Å². The number of hydrogen-bond acceptors (Lipinski definition) is 5. The zero-order valence-electron chi connectivity index (χ0n) is 9.45. The Morgan fingerprint density at radius 3 is 2.73 bits per heavy atom. The highest BCUT2D eigenvalue weighted by atomic mass is 32.1. The van der Waals surface area contributed by atoms with E-state index in [4.69, 9.17) is 4.74 Å². The van der Waals surface area contributed by atoms with Crippen LogP contribution in [0.2, 0.25) is 0 Å². The highest BCUT2D eigenvalue weighted by Gasteiger charge is 1.97. The maximum Gasteiger partial charge on any atom is 0.205 e. The van der Waals surface area contributed by atoms with Crippen molar-refractivity contribution >= 4 is 16.5 Å². The summed E-state index contributed by atoms with van der Waals surface area (Å²) in [6.45, 7) is 6.74. The van der Waals surface area contributed by atoms with Crippen molar-refractivity contribution in [1.82, 2.24) is 10.2 Å². The van der Waals surface area contributed by atoms with Crippen LogP contribution in [0.3, 0.4) is 0 Å². The highest BCUT2D eigenvalue weighted by Crippen LogP contribution is 2.12. The van der Waals surface area contributed by atoms with Gasteiger partial charge in [0.25, 0.3) is 0 Å². The predicted molar refractivity (Wildman–Crippen MR) is 63.5 cm³/mol. The van der Waals surface area contributed by atoms with Crippen molar-refractivity contribution in [3.05, 3.63) is 5.01 Å². The minimum Gasteiger partial charge on any atom is -0.381 e. The quantitative estimate of drug-likeness (QED) is 0.696. The van der Waals surface area contributed by atoms with Gasteiger partial charge >= 0.3 is 0 Å². The van der Waals surface area contributed by atoms with Gasteiger partial charge in [-0.3, -0.25) is 0 Å². The molecule has 1 N–H and O–H groups in total. The van der Waals surface area contributed by atoms with Crippen LogP contribution >= 0.6 is 11.3 Å². The average Bonchev–Trinajstić information content (AvgIpc) is 2.63. The number of nitrogens with zero attached hydrogens (tertiary/aromatic N) is 2. The van der Waals surface area contributed by atoms with E-state index in [1.807, 2.05) is 6.92 Å². The third kappa shape index (κ3) is 5.69. The van der Waals surface area contributed by atoms with Crippen LogP contribution in [0.4, 0.5) is 5.13 Å². The molecule has 0 saturated carbocycles. The summed E-state index contributed by atoms with van der Waals surface area (Å²) in [5.74, 6) is 0. The van der Waals surface area contributed by atoms with Crippen LogP contribution in [0.25, 0.3) is 0 Å². The minimum atomic E-state index is 0.824. The Labute approximate surface area is 95.1 Å². The zero-order chi connectivity index (χ0) is 10.9. The standard InChI is InChI=1S/C10H19N3OS/c1-3-4-7-14-8-5-6-11-10-13-12-9(2)15-10/h3-8H2,1-2H3,(H,11,13). The van der Waals surface area contributed by atoms with Gasteiger partial charge in [0, 0.05) is 19.8 Å². The molecule has 0 aromatic carbocycles. The van der Waals surface area contributed by atoms with E-state index >= 15 is 0 Å². The molecule has 0 radical (unpaired) electrons. The molecule has 0 aliphatic rings. The Hall–Kier alpha value is -0.680. The molecule has 1 aromatic rings. The van der Waals surface area contributed by atoms with Gasteiger partial charge in [-0.15, -0.1) is 10.2 Å². The van der Waals surface area contributed by atoms with Crippen LogP contribution in [0, 0.1) is 6.92 Å². The number of anilines is 1. The number of ether oxygens (including phenoxy) is 1. The van der Waals surface area contributed by atoms with Crippen LogP contribution in [0.15, 0.2) is 0 Å². The van der Waals surface area contributed by atoms with Crippen molar-refractivity contribution in [1.29, 1.82) is 0 Å². The van der Waals surface area contributed by atoms with Crippen LogP contribution in [0.1, 0.15) is 31.2 Å². The van der Waals surface area contributed by atoms with Crippen molar-refractivity contribution in [3.63, 3.8) is 0 Å². The molecule has 1 heterocycles. The molecule has 0 bridgehead atoms. The normalized spacial score (nSPS) is 10.5. The van der Waals surface area contributed by atoms with Crippen molar-refractivity contribution in [3.8, 4) is 0 Å². The Morgan fingerprint density at radius 2 is 2.07 bits per heavy atom. The SMILES string of the molecule is CCCCOCCCNc1nnc(C)s1. The first-order valence-electron chi connectivity index (χ1n) is 5.44. The second-order valence-corrected chi connectivity index (χ2v) is 4.55. The second-order valence-electron chi connectivity index (χ2n) is 3.37. The van der Waals surface area contributed by atoms with E-state index in [1.54, 1.807) is 11.3 Å². The van der Waals surface area contributed by atoms with E-state index in [1.165, 1.54) is 6.42 Å². The molecular formula is C10H19N3OS. The largest absolute Gasteiger partial charge is 0.381 e. The van der Waals surface area contributed by atoms with Crippen molar-refractivity contribution in [2.45, 2.75) is 33.1 Å². The summed E-state index contributed by atoms with van der Waals surface area (Å²) in [5.41, 5.74) is 0. The molecule has 0 fully saturated rings. The van der Waals surface area contributed by atoms with Gasteiger partial charge in [0.1, 0.15) is 5.01 Å². The van der Waals surface area contributed by atoms with Crippen molar-refractivity contribution < 1.29 is 4.74 Å². The Morgan fingerprint density at radius 1 is 1.27 bits per heavy atom. The summed E-state index contributed by atoms with van der Waals surface area (Å²) in [7, 11) is 0. The van der Waals surface area contributed by atoms with Crippen molar-refractivity contribution in [2.75, 3.05) is 25.1 Å².